The number of nitrogens with one attached hydrogen (secondary N) is 1. The fourth-order valence-electron chi connectivity index (χ4n) is 2.86. The molecule has 2 amide bonds. The molecule has 24 heavy (non-hydrogen) atoms. The molecule has 1 fully saturated rings. The third-order valence-corrected chi connectivity index (χ3v) is 5.76. The molecule has 7 nitrogen and oxygen atoms in total. The summed E-state index contributed by atoms with van der Waals surface area (Å²) < 4.78 is 17.1. The Labute approximate surface area is 141 Å². The summed E-state index contributed by atoms with van der Waals surface area (Å²) in [6.45, 7) is 1.64. The number of rotatable bonds is 3. The van der Waals surface area contributed by atoms with Crippen LogP contribution in [0.5, 0.6) is 0 Å². The maximum absolute atomic E-state index is 12.4. The molecule has 126 valence electrons. The molecule has 2 heterocycles. The molecule has 3 atom stereocenters. The second kappa shape index (κ2) is 6.29. The molecule has 1 N–H and O–H groups in total. The van der Waals surface area contributed by atoms with Gasteiger partial charge < -0.3 is 14.6 Å². The van der Waals surface area contributed by atoms with Crippen LogP contribution >= 0.6 is 0 Å². The van der Waals surface area contributed by atoms with E-state index in [1.54, 1.807) is 37.3 Å². The highest BCUT2D eigenvalue weighted by molar-refractivity contribution is 7.92. The molecular weight excluding hydrogens is 332 g/mol. The maximum atomic E-state index is 12.4. The molecule has 0 radical (unpaired) electrons. The highest BCUT2D eigenvalue weighted by Crippen LogP contribution is 2.36. The van der Waals surface area contributed by atoms with Gasteiger partial charge in [-0.2, -0.15) is 0 Å². The number of hydrogen-bond donors (Lipinski definition) is 1. The number of carbonyl (C=O) groups excluding carboxylic acids is 3. The van der Waals surface area contributed by atoms with Crippen molar-refractivity contribution in [2.45, 2.75) is 18.3 Å². The topological polar surface area (TPSA) is 98.8 Å². The minimum Gasteiger partial charge on any atom is -0.614 e. The minimum absolute atomic E-state index is 0.123. The van der Waals surface area contributed by atoms with Crippen molar-refractivity contribution >= 4 is 29.0 Å². The van der Waals surface area contributed by atoms with E-state index in [0.29, 0.717) is 11.1 Å². The average molecular weight is 348 g/mol. The fourth-order valence-corrected chi connectivity index (χ4v) is 4.53. The molecule has 2 aliphatic heterocycles. The van der Waals surface area contributed by atoms with Crippen LogP contribution in [0, 0.1) is 0 Å². The molecular formula is C16H16N2O5S. The number of hydrogen-bond acceptors (Lipinski definition) is 5. The fraction of sp³-hybridized carbons (Fsp3) is 0.312. The summed E-state index contributed by atoms with van der Waals surface area (Å²) in [5.74, 6) is -1.36. The summed E-state index contributed by atoms with van der Waals surface area (Å²) in [5, 5.41) is 1.86. The lowest BCUT2D eigenvalue weighted by Gasteiger charge is -2.48. The summed E-state index contributed by atoms with van der Waals surface area (Å²) in [6.07, 6.45) is 0. The molecule has 0 aromatic heterocycles. The van der Waals surface area contributed by atoms with Gasteiger partial charge in [0, 0.05) is 11.1 Å². The summed E-state index contributed by atoms with van der Waals surface area (Å²) >= 11 is -1.40. The predicted molar refractivity (Wildman–Crippen MR) is 86.1 cm³/mol. The number of amides is 2. The van der Waals surface area contributed by atoms with Crippen LogP contribution in [0.15, 0.2) is 41.6 Å². The third kappa shape index (κ3) is 2.57. The number of methoxy groups -OCH3 is 1. The summed E-state index contributed by atoms with van der Waals surface area (Å²) in [6, 6.07) is 7.54. The van der Waals surface area contributed by atoms with Crippen molar-refractivity contribution in [3.63, 3.8) is 0 Å². The zero-order chi connectivity index (χ0) is 17.4. The van der Waals surface area contributed by atoms with Gasteiger partial charge in [-0.15, -0.1) is 0 Å². The van der Waals surface area contributed by atoms with Crippen LogP contribution in [0.3, 0.4) is 0 Å². The van der Waals surface area contributed by atoms with Gasteiger partial charge in [0.1, 0.15) is 11.4 Å². The van der Waals surface area contributed by atoms with E-state index < -0.39 is 40.4 Å². The first kappa shape index (κ1) is 16.5. The van der Waals surface area contributed by atoms with Crippen LogP contribution in [-0.4, -0.2) is 51.5 Å². The first-order chi connectivity index (χ1) is 11.5. The van der Waals surface area contributed by atoms with Gasteiger partial charge in [-0.05, 0) is 30.2 Å². The molecule has 8 heteroatoms. The lowest BCUT2D eigenvalue weighted by molar-refractivity contribution is -0.150. The number of nitrogens with zero attached hydrogens (tertiary/aromatic N) is 1. The highest BCUT2D eigenvalue weighted by atomic mass is 32.2. The van der Waals surface area contributed by atoms with Gasteiger partial charge in [0.05, 0.1) is 7.11 Å². The lowest BCUT2D eigenvalue weighted by atomic mass is 10.0. The molecule has 0 spiro atoms. The van der Waals surface area contributed by atoms with Crippen LogP contribution in [-0.2, 0) is 25.5 Å². The Balaban J connectivity index is 1.82. The first-order valence-corrected chi connectivity index (χ1v) is 8.68. The summed E-state index contributed by atoms with van der Waals surface area (Å²) in [7, 11) is 1.22. The van der Waals surface area contributed by atoms with Crippen molar-refractivity contribution < 1.29 is 23.7 Å². The van der Waals surface area contributed by atoms with Crippen LogP contribution in [0.4, 0.5) is 0 Å². The van der Waals surface area contributed by atoms with Crippen molar-refractivity contribution in [3.8, 4) is 0 Å². The highest BCUT2D eigenvalue weighted by Gasteiger charge is 2.60. The Morgan fingerprint density at radius 1 is 1.33 bits per heavy atom. The van der Waals surface area contributed by atoms with E-state index in [1.165, 1.54) is 12.0 Å². The van der Waals surface area contributed by atoms with Crippen molar-refractivity contribution in [2.24, 2.45) is 0 Å². The van der Waals surface area contributed by atoms with Crippen LogP contribution in [0.2, 0.25) is 0 Å². The monoisotopic (exact) mass is 348 g/mol. The second-order valence-corrected chi connectivity index (χ2v) is 7.09. The first-order valence-electron chi connectivity index (χ1n) is 7.30. The zero-order valence-corrected chi connectivity index (χ0v) is 14.0. The molecule has 1 aromatic carbocycles. The number of β-lactam (4-membered cyclic amide) rings is 1. The molecule has 0 saturated carbocycles. The van der Waals surface area contributed by atoms with Crippen molar-refractivity contribution in [2.75, 3.05) is 12.9 Å². The van der Waals surface area contributed by atoms with Gasteiger partial charge >= 0.3 is 5.97 Å². The van der Waals surface area contributed by atoms with Gasteiger partial charge in [0.25, 0.3) is 11.8 Å². The van der Waals surface area contributed by atoms with Crippen molar-refractivity contribution in [1.29, 1.82) is 0 Å². The third-order valence-electron chi connectivity index (χ3n) is 4.02. The van der Waals surface area contributed by atoms with E-state index >= 15 is 0 Å². The van der Waals surface area contributed by atoms with E-state index in [4.69, 9.17) is 4.74 Å². The van der Waals surface area contributed by atoms with Crippen molar-refractivity contribution in [3.05, 3.63) is 47.2 Å². The van der Waals surface area contributed by atoms with Gasteiger partial charge in [-0.1, -0.05) is 18.2 Å². The van der Waals surface area contributed by atoms with Gasteiger partial charge in [0.15, 0.2) is 6.04 Å². The number of fused-ring (bicyclic) bond motifs is 1. The van der Waals surface area contributed by atoms with E-state index in [1.807, 2.05) is 0 Å². The number of carbonyl (C=O) groups is 3. The quantitative estimate of drug-likeness (QED) is 0.477. The van der Waals surface area contributed by atoms with E-state index in [-0.39, 0.29) is 11.4 Å². The SMILES string of the molecule is COC(=O)C1=C(C)C[S+]([O-])[C@H]2C(NC(=O)c3ccccc3)C(=O)N12. The molecule has 1 aromatic rings. The lowest BCUT2D eigenvalue weighted by Crippen LogP contribution is -2.74. The normalized spacial score (nSPS) is 25.7. The average Bonchev–Trinajstić information content (AvgIpc) is 2.59. The number of ether oxygens (including phenoxy) is 1. The largest absolute Gasteiger partial charge is 0.614 e. The van der Waals surface area contributed by atoms with Crippen LogP contribution in [0.25, 0.3) is 0 Å². The Morgan fingerprint density at radius 3 is 2.62 bits per heavy atom. The minimum atomic E-state index is -1.40. The Kier molecular flexibility index (Phi) is 4.33. The second-order valence-electron chi connectivity index (χ2n) is 5.56. The van der Waals surface area contributed by atoms with E-state index in [9.17, 15) is 18.9 Å². The van der Waals surface area contributed by atoms with Crippen LogP contribution in [0.1, 0.15) is 17.3 Å². The Morgan fingerprint density at radius 2 is 2.00 bits per heavy atom. The smallest absolute Gasteiger partial charge is 0.355 e. The van der Waals surface area contributed by atoms with Gasteiger partial charge in [0.2, 0.25) is 5.37 Å². The van der Waals surface area contributed by atoms with Gasteiger partial charge in [-0.3, -0.25) is 14.5 Å². The van der Waals surface area contributed by atoms with E-state index in [2.05, 4.69) is 5.32 Å². The molecule has 2 aliphatic rings. The molecule has 3 rings (SSSR count). The molecule has 2 unspecified atom stereocenters. The molecule has 0 aliphatic carbocycles. The van der Waals surface area contributed by atoms with Crippen LogP contribution < -0.4 is 5.32 Å². The number of benzene rings is 1. The number of esters is 1. The predicted octanol–water partition coefficient (Wildman–Crippen LogP) is 0.163. The molecule has 0 bridgehead atoms. The molecule has 1 saturated heterocycles. The maximum Gasteiger partial charge on any atom is 0.355 e. The van der Waals surface area contributed by atoms with Crippen molar-refractivity contribution in [1.82, 2.24) is 10.2 Å². The standard InChI is InChI=1S/C16H16N2O5S/c1-9-8-24(22)15-11(14(20)18(15)12(9)16(21)23-2)17-13(19)10-6-4-3-5-7-10/h3-7,11,15H,8H2,1-2H3,(H,17,19)/t11?,15-,24?/m0/s1. The summed E-state index contributed by atoms with van der Waals surface area (Å²) in [4.78, 5) is 37.7. The Bertz CT molecular complexity index is 733. The van der Waals surface area contributed by atoms with E-state index in [0.717, 1.165) is 0 Å². The summed E-state index contributed by atoms with van der Waals surface area (Å²) in [5.41, 5.74) is 1.07. The van der Waals surface area contributed by atoms with Gasteiger partial charge in [-0.25, -0.2) is 4.79 Å². The Hall–Kier alpha value is -2.32. The zero-order valence-electron chi connectivity index (χ0n) is 13.1.